The van der Waals surface area contributed by atoms with E-state index in [9.17, 15) is 24.0 Å². The quantitative estimate of drug-likeness (QED) is 0.138. The highest BCUT2D eigenvalue weighted by atomic mass is 16.5. The van der Waals surface area contributed by atoms with Gasteiger partial charge in [-0.05, 0) is 69.2 Å². The number of primary amides is 1. The first-order valence-corrected chi connectivity index (χ1v) is 17.4. The fourth-order valence-corrected chi connectivity index (χ4v) is 5.79. The molecule has 0 spiro atoms. The van der Waals surface area contributed by atoms with Crippen molar-refractivity contribution in [3.63, 3.8) is 0 Å². The van der Waals surface area contributed by atoms with Crippen LogP contribution in [0.1, 0.15) is 112 Å². The highest BCUT2D eigenvalue weighted by molar-refractivity contribution is 5.98. The van der Waals surface area contributed by atoms with Gasteiger partial charge in [0.2, 0.25) is 5.91 Å². The Balaban J connectivity index is 0.000000337. The van der Waals surface area contributed by atoms with Crippen LogP contribution in [0.5, 0.6) is 0 Å². The van der Waals surface area contributed by atoms with Gasteiger partial charge in [-0.3, -0.25) is 14.4 Å². The minimum absolute atomic E-state index is 0.101. The average molecular weight is 674 g/mol. The second kappa shape index (κ2) is 20.6. The molecule has 10 nitrogen and oxygen atoms in total. The SMILES string of the molecule is CCCCCC[C@H](CCCCC[C@@H](C)C(N)=O)OC(=O)[C@@H]1CC=CN1C(=O)c1ccccc1.O=C(O)[C@@H]1CC=CN1C(=O)c1ccccc1. The van der Waals surface area contributed by atoms with Crippen LogP contribution in [0.3, 0.4) is 0 Å². The van der Waals surface area contributed by atoms with E-state index in [1.165, 1.54) is 22.4 Å². The van der Waals surface area contributed by atoms with Crippen LogP contribution in [0.4, 0.5) is 0 Å². The van der Waals surface area contributed by atoms with Gasteiger partial charge in [0.1, 0.15) is 18.2 Å². The fourth-order valence-electron chi connectivity index (χ4n) is 5.79. The number of hydrogen-bond donors (Lipinski definition) is 2. The number of esters is 1. The number of hydrogen-bond acceptors (Lipinski definition) is 6. The molecule has 10 heteroatoms. The molecule has 0 aliphatic carbocycles. The summed E-state index contributed by atoms with van der Waals surface area (Å²) < 4.78 is 5.95. The van der Waals surface area contributed by atoms with Gasteiger partial charge in [0.15, 0.2) is 0 Å². The van der Waals surface area contributed by atoms with Crippen molar-refractivity contribution in [2.45, 2.75) is 109 Å². The molecule has 2 heterocycles. The molecule has 0 radical (unpaired) electrons. The lowest BCUT2D eigenvalue weighted by molar-refractivity contribution is -0.154. The number of unbranched alkanes of at least 4 members (excludes halogenated alkanes) is 5. The molecule has 0 bridgehead atoms. The molecule has 0 unspecified atom stereocenters. The number of carboxylic acid groups (broad SMARTS) is 1. The van der Waals surface area contributed by atoms with Gasteiger partial charge >= 0.3 is 11.9 Å². The van der Waals surface area contributed by atoms with Crippen LogP contribution in [0.2, 0.25) is 0 Å². The summed E-state index contributed by atoms with van der Waals surface area (Å²) in [5.74, 6) is -2.12. The largest absolute Gasteiger partial charge is 0.480 e. The number of benzene rings is 2. The zero-order chi connectivity index (χ0) is 35.6. The van der Waals surface area contributed by atoms with Crippen molar-refractivity contribution in [2.75, 3.05) is 0 Å². The number of nitrogens with two attached hydrogens (primary N) is 1. The molecular weight excluding hydrogens is 622 g/mol. The highest BCUT2D eigenvalue weighted by Crippen LogP contribution is 2.23. The van der Waals surface area contributed by atoms with Crippen molar-refractivity contribution in [1.82, 2.24) is 9.80 Å². The molecule has 2 aliphatic heterocycles. The van der Waals surface area contributed by atoms with E-state index in [1.807, 2.05) is 37.3 Å². The van der Waals surface area contributed by atoms with E-state index in [0.717, 1.165) is 57.8 Å². The molecule has 2 aromatic rings. The van der Waals surface area contributed by atoms with Crippen molar-refractivity contribution < 1.29 is 33.8 Å². The number of carbonyl (C=O) groups is 5. The molecule has 3 N–H and O–H groups in total. The van der Waals surface area contributed by atoms with E-state index in [0.29, 0.717) is 24.0 Å². The first kappa shape index (κ1) is 38.7. The summed E-state index contributed by atoms with van der Waals surface area (Å²) in [7, 11) is 0. The smallest absolute Gasteiger partial charge is 0.329 e. The van der Waals surface area contributed by atoms with Crippen LogP contribution in [-0.2, 0) is 19.1 Å². The second-order valence-corrected chi connectivity index (χ2v) is 12.6. The predicted molar refractivity (Wildman–Crippen MR) is 188 cm³/mol. The van der Waals surface area contributed by atoms with Gasteiger partial charge in [0.05, 0.1) is 0 Å². The summed E-state index contributed by atoms with van der Waals surface area (Å²) in [6, 6.07) is 16.3. The van der Waals surface area contributed by atoms with E-state index in [2.05, 4.69) is 6.92 Å². The minimum Gasteiger partial charge on any atom is -0.480 e. The molecule has 264 valence electrons. The lowest BCUT2D eigenvalue weighted by Gasteiger charge is -2.25. The Kier molecular flexibility index (Phi) is 16.3. The summed E-state index contributed by atoms with van der Waals surface area (Å²) >= 11 is 0. The van der Waals surface area contributed by atoms with Crippen LogP contribution >= 0.6 is 0 Å². The third-order valence-electron chi connectivity index (χ3n) is 8.80. The summed E-state index contributed by atoms with van der Waals surface area (Å²) in [6.07, 6.45) is 17.3. The Morgan fingerprint density at radius 3 is 1.69 bits per heavy atom. The van der Waals surface area contributed by atoms with Gasteiger partial charge in [0, 0.05) is 29.4 Å². The Hall–Kier alpha value is -4.73. The Labute approximate surface area is 290 Å². The number of carbonyl (C=O) groups excluding carboxylic acids is 4. The number of carboxylic acids is 1. The van der Waals surface area contributed by atoms with Gasteiger partial charge < -0.3 is 25.4 Å². The predicted octanol–water partition coefficient (Wildman–Crippen LogP) is 6.87. The van der Waals surface area contributed by atoms with Crippen molar-refractivity contribution in [2.24, 2.45) is 11.7 Å². The van der Waals surface area contributed by atoms with Gasteiger partial charge in [-0.1, -0.05) is 94.5 Å². The van der Waals surface area contributed by atoms with E-state index in [1.54, 1.807) is 48.7 Å². The van der Waals surface area contributed by atoms with Crippen molar-refractivity contribution >= 4 is 29.7 Å². The molecule has 4 atom stereocenters. The molecule has 4 rings (SSSR count). The summed E-state index contributed by atoms with van der Waals surface area (Å²) in [5.41, 5.74) is 6.39. The normalized spacial score (nSPS) is 17.6. The third-order valence-corrected chi connectivity index (χ3v) is 8.80. The lowest BCUT2D eigenvalue weighted by Crippen LogP contribution is -2.41. The average Bonchev–Trinajstić information content (AvgIpc) is 3.81. The molecule has 2 aromatic carbocycles. The number of nitrogens with zero attached hydrogens (tertiary/aromatic N) is 2. The maximum atomic E-state index is 13.0. The van der Waals surface area contributed by atoms with Gasteiger partial charge in [-0.2, -0.15) is 0 Å². The zero-order valence-corrected chi connectivity index (χ0v) is 28.7. The zero-order valence-electron chi connectivity index (χ0n) is 28.7. The highest BCUT2D eigenvalue weighted by Gasteiger charge is 2.34. The molecule has 0 fully saturated rings. The van der Waals surface area contributed by atoms with Gasteiger partial charge in [0.25, 0.3) is 11.8 Å². The molecule has 0 saturated carbocycles. The number of rotatable bonds is 17. The summed E-state index contributed by atoms with van der Waals surface area (Å²) in [4.78, 5) is 62.7. The molecule has 0 aromatic heterocycles. The van der Waals surface area contributed by atoms with E-state index in [-0.39, 0.29) is 35.7 Å². The number of amides is 3. The first-order valence-electron chi connectivity index (χ1n) is 17.4. The van der Waals surface area contributed by atoms with Crippen molar-refractivity contribution in [3.8, 4) is 0 Å². The third kappa shape index (κ3) is 12.3. The minimum atomic E-state index is -0.978. The van der Waals surface area contributed by atoms with E-state index >= 15 is 0 Å². The molecule has 0 saturated heterocycles. The van der Waals surface area contributed by atoms with Crippen LogP contribution in [0.15, 0.2) is 85.2 Å². The molecular formula is C39H51N3O7. The van der Waals surface area contributed by atoms with Gasteiger partial charge in [-0.15, -0.1) is 0 Å². The maximum absolute atomic E-state index is 13.0. The Morgan fingerprint density at radius 1 is 0.735 bits per heavy atom. The standard InChI is InChI=1S/C27H40N2O4.C12H11NO3/c1-3-4-5-11-17-23(18-12-6-8-14-21(2)25(28)30)33-27(32)24-19-13-20-29(24)26(31)22-15-9-7-10-16-22;14-11(9-5-2-1-3-6-9)13-8-4-7-10(13)12(15)16/h7,9-10,13,15-16,20-21,23-24H,3-6,8,11-12,14,17-19H2,1-2H3,(H2,28,30);1-6,8,10H,7H2,(H,15,16)/t21-,23-,24+;10-/m10/s1. The van der Waals surface area contributed by atoms with Gasteiger partial charge in [-0.25, -0.2) is 9.59 Å². The first-order chi connectivity index (χ1) is 23.6. The fraction of sp³-hybridized carbons (Fsp3) is 0.462. The Bertz CT molecular complexity index is 1430. The van der Waals surface area contributed by atoms with E-state index in [4.69, 9.17) is 15.6 Å². The maximum Gasteiger partial charge on any atom is 0.329 e. The van der Waals surface area contributed by atoms with Crippen LogP contribution in [-0.4, -0.2) is 62.8 Å². The van der Waals surface area contributed by atoms with E-state index < -0.39 is 18.1 Å². The number of aliphatic carboxylic acids is 1. The summed E-state index contributed by atoms with van der Waals surface area (Å²) in [5, 5.41) is 8.95. The Morgan fingerprint density at radius 2 is 1.20 bits per heavy atom. The molecule has 2 aliphatic rings. The summed E-state index contributed by atoms with van der Waals surface area (Å²) in [6.45, 7) is 4.04. The second-order valence-electron chi connectivity index (χ2n) is 12.6. The van der Waals surface area contributed by atoms with Crippen molar-refractivity contribution in [1.29, 1.82) is 0 Å². The monoisotopic (exact) mass is 673 g/mol. The lowest BCUT2D eigenvalue weighted by atomic mass is 9.99. The van der Waals surface area contributed by atoms with Crippen LogP contribution in [0, 0.1) is 5.92 Å². The molecule has 3 amide bonds. The van der Waals surface area contributed by atoms with Crippen LogP contribution < -0.4 is 5.73 Å². The van der Waals surface area contributed by atoms with Crippen LogP contribution in [0.25, 0.3) is 0 Å². The van der Waals surface area contributed by atoms with Crippen molar-refractivity contribution in [3.05, 3.63) is 96.3 Å². The topological polar surface area (TPSA) is 147 Å². The molecule has 49 heavy (non-hydrogen) atoms. The number of ether oxygens (including phenoxy) is 1.